The summed E-state index contributed by atoms with van der Waals surface area (Å²) >= 11 is 8.34. The quantitative estimate of drug-likeness (QED) is 0.824. The Morgan fingerprint density at radius 1 is 1.47 bits per heavy atom. The van der Waals surface area contributed by atoms with Gasteiger partial charge in [-0.3, -0.25) is 10.1 Å². The van der Waals surface area contributed by atoms with Crippen molar-refractivity contribution in [3.63, 3.8) is 0 Å². The van der Waals surface area contributed by atoms with Gasteiger partial charge >= 0.3 is 0 Å². The van der Waals surface area contributed by atoms with E-state index < -0.39 is 0 Å². The number of thiocarbonyl (C=S) groups is 1. The Labute approximate surface area is 127 Å². The fourth-order valence-corrected chi connectivity index (χ4v) is 2.01. The zero-order chi connectivity index (χ0) is 14.4. The van der Waals surface area contributed by atoms with Crippen LogP contribution in [0.25, 0.3) is 0 Å². The normalized spacial score (nSPS) is 10.2. The van der Waals surface area contributed by atoms with Gasteiger partial charge in [0.2, 0.25) is 0 Å². The van der Waals surface area contributed by atoms with Gasteiger partial charge in [-0.1, -0.05) is 15.9 Å². The topological polar surface area (TPSA) is 50.4 Å². The van der Waals surface area contributed by atoms with E-state index in [1.807, 2.05) is 26.8 Å². The Balaban J connectivity index is 2.93. The predicted octanol–water partition coefficient (Wildman–Crippen LogP) is 2.86. The number of hydrogen-bond acceptors (Lipinski definition) is 3. The summed E-state index contributed by atoms with van der Waals surface area (Å²) in [4.78, 5) is 12.1. The fourth-order valence-electron chi connectivity index (χ4n) is 1.41. The molecule has 0 spiro atoms. The van der Waals surface area contributed by atoms with Gasteiger partial charge in [0.05, 0.1) is 11.7 Å². The minimum absolute atomic E-state index is 0.00607. The molecule has 1 rings (SSSR count). The highest BCUT2D eigenvalue weighted by atomic mass is 79.9. The van der Waals surface area contributed by atoms with Gasteiger partial charge in [-0.15, -0.1) is 0 Å². The zero-order valence-corrected chi connectivity index (χ0v) is 13.5. The van der Waals surface area contributed by atoms with E-state index in [9.17, 15) is 4.79 Å². The summed E-state index contributed by atoms with van der Waals surface area (Å²) in [6.07, 6.45) is -0.00607. The molecular weight excluding hydrogens is 328 g/mol. The van der Waals surface area contributed by atoms with Crippen LogP contribution in [0, 0.1) is 0 Å². The Morgan fingerprint density at radius 2 is 2.16 bits per heavy atom. The molecule has 0 aliphatic carbocycles. The van der Waals surface area contributed by atoms with Crippen molar-refractivity contribution in [2.75, 3.05) is 6.54 Å². The number of carbonyl (C=O) groups excluding carboxylic acids is 1. The number of halogens is 1. The summed E-state index contributed by atoms with van der Waals surface area (Å²) < 4.78 is 6.43. The maximum atomic E-state index is 12.1. The van der Waals surface area contributed by atoms with E-state index in [1.165, 1.54) is 0 Å². The molecule has 0 bridgehead atoms. The molecule has 0 atom stereocenters. The van der Waals surface area contributed by atoms with Crippen LogP contribution in [0.3, 0.4) is 0 Å². The Hall–Kier alpha value is -1.14. The van der Waals surface area contributed by atoms with Crippen molar-refractivity contribution in [3.8, 4) is 5.75 Å². The second-order valence-electron chi connectivity index (χ2n) is 4.12. The standard InChI is InChI=1S/C13H17BrN2O2S/c1-4-15-13(19)16-12(17)10-7-9(14)5-6-11(10)18-8(2)3/h5-8H,4H2,1-3H3,(H2,15,16,17,19). The zero-order valence-electron chi connectivity index (χ0n) is 11.1. The molecule has 2 N–H and O–H groups in total. The van der Waals surface area contributed by atoms with Gasteiger partial charge in [0.25, 0.3) is 5.91 Å². The smallest absolute Gasteiger partial charge is 0.261 e. The van der Waals surface area contributed by atoms with Gasteiger partial charge in [0, 0.05) is 11.0 Å². The molecule has 0 saturated heterocycles. The summed E-state index contributed by atoms with van der Waals surface area (Å²) in [7, 11) is 0. The van der Waals surface area contributed by atoms with E-state index in [4.69, 9.17) is 17.0 Å². The van der Waals surface area contributed by atoms with E-state index >= 15 is 0 Å². The molecular formula is C13H17BrN2O2S. The highest BCUT2D eigenvalue weighted by Crippen LogP contribution is 2.24. The second-order valence-corrected chi connectivity index (χ2v) is 5.44. The molecule has 1 aromatic rings. The van der Waals surface area contributed by atoms with Gasteiger partial charge in [0.15, 0.2) is 5.11 Å². The maximum Gasteiger partial charge on any atom is 0.261 e. The van der Waals surface area contributed by atoms with E-state index in [-0.39, 0.29) is 12.0 Å². The van der Waals surface area contributed by atoms with E-state index in [0.717, 1.165) is 4.47 Å². The monoisotopic (exact) mass is 344 g/mol. The average molecular weight is 345 g/mol. The van der Waals surface area contributed by atoms with Crippen LogP contribution in [0.4, 0.5) is 0 Å². The molecule has 0 aromatic heterocycles. The molecule has 4 nitrogen and oxygen atoms in total. The van der Waals surface area contributed by atoms with Crippen LogP contribution >= 0.6 is 28.1 Å². The molecule has 6 heteroatoms. The summed E-state index contributed by atoms with van der Waals surface area (Å²) in [5, 5.41) is 5.79. The lowest BCUT2D eigenvalue weighted by Gasteiger charge is -2.15. The van der Waals surface area contributed by atoms with Crippen molar-refractivity contribution in [3.05, 3.63) is 28.2 Å². The molecule has 0 unspecified atom stereocenters. The highest BCUT2D eigenvalue weighted by Gasteiger charge is 2.15. The van der Waals surface area contributed by atoms with Crippen LogP contribution in [0.1, 0.15) is 31.1 Å². The summed E-state index contributed by atoms with van der Waals surface area (Å²) in [6.45, 7) is 6.39. The van der Waals surface area contributed by atoms with Gasteiger partial charge in [-0.05, 0) is 51.2 Å². The molecule has 0 radical (unpaired) electrons. The largest absolute Gasteiger partial charge is 0.490 e. The van der Waals surface area contributed by atoms with Crippen molar-refractivity contribution < 1.29 is 9.53 Å². The van der Waals surface area contributed by atoms with E-state index in [0.29, 0.717) is 23.0 Å². The number of benzene rings is 1. The lowest BCUT2D eigenvalue weighted by atomic mass is 10.2. The van der Waals surface area contributed by atoms with E-state index in [2.05, 4.69) is 26.6 Å². The van der Waals surface area contributed by atoms with Crippen molar-refractivity contribution in [2.45, 2.75) is 26.9 Å². The van der Waals surface area contributed by atoms with E-state index in [1.54, 1.807) is 12.1 Å². The van der Waals surface area contributed by atoms with Crippen LogP contribution in [-0.2, 0) is 0 Å². The number of ether oxygens (including phenoxy) is 1. The lowest BCUT2D eigenvalue weighted by molar-refractivity contribution is 0.0971. The molecule has 0 aliphatic rings. The highest BCUT2D eigenvalue weighted by molar-refractivity contribution is 9.10. The molecule has 104 valence electrons. The van der Waals surface area contributed by atoms with Crippen LogP contribution in [0.5, 0.6) is 5.75 Å². The van der Waals surface area contributed by atoms with Crippen molar-refractivity contribution in [1.82, 2.24) is 10.6 Å². The fraction of sp³-hybridized carbons (Fsp3) is 0.385. The Morgan fingerprint density at radius 3 is 2.74 bits per heavy atom. The SMILES string of the molecule is CCNC(=S)NC(=O)c1cc(Br)ccc1OC(C)C. The predicted molar refractivity (Wildman–Crippen MR) is 83.6 cm³/mol. The maximum absolute atomic E-state index is 12.1. The number of nitrogens with one attached hydrogen (secondary N) is 2. The molecule has 1 amide bonds. The molecule has 0 fully saturated rings. The number of amides is 1. The van der Waals surface area contributed by atoms with Gasteiger partial charge < -0.3 is 10.1 Å². The third kappa shape index (κ3) is 5.16. The first-order valence-electron chi connectivity index (χ1n) is 5.99. The molecule has 19 heavy (non-hydrogen) atoms. The first-order chi connectivity index (χ1) is 8.93. The van der Waals surface area contributed by atoms with Crippen LogP contribution in [-0.4, -0.2) is 23.7 Å². The first-order valence-corrected chi connectivity index (χ1v) is 7.19. The number of rotatable bonds is 4. The van der Waals surface area contributed by atoms with Crippen molar-refractivity contribution in [2.24, 2.45) is 0 Å². The number of hydrogen-bond donors (Lipinski definition) is 2. The molecule has 0 heterocycles. The third-order valence-electron chi connectivity index (χ3n) is 2.11. The van der Waals surface area contributed by atoms with Crippen molar-refractivity contribution >= 4 is 39.2 Å². The minimum atomic E-state index is -0.289. The minimum Gasteiger partial charge on any atom is -0.490 e. The molecule has 0 saturated carbocycles. The third-order valence-corrected chi connectivity index (χ3v) is 2.85. The van der Waals surface area contributed by atoms with Gasteiger partial charge in [-0.25, -0.2) is 0 Å². The Bertz CT molecular complexity index is 478. The van der Waals surface area contributed by atoms with Gasteiger partial charge in [-0.2, -0.15) is 0 Å². The molecule has 0 aliphatic heterocycles. The van der Waals surface area contributed by atoms with Crippen molar-refractivity contribution in [1.29, 1.82) is 0 Å². The van der Waals surface area contributed by atoms with Crippen LogP contribution in [0.15, 0.2) is 22.7 Å². The first kappa shape index (κ1) is 15.9. The summed E-state index contributed by atoms with van der Waals surface area (Å²) in [5.41, 5.74) is 0.448. The van der Waals surface area contributed by atoms with Crippen LogP contribution in [0.2, 0.25) is 0 Å². The van der Waals surface area contributed by atoms with Gasteiger partial charge in [0.1, 0.15) is 5.75 Å². The second kappa shape index (κ2) is 7.45. The average Bonchev–Trinajstić information content (AvgIpc) is 2.31. The number of carbonyl (C=O) groups is 1. The summed E-state index contributed by atoms with van der Waals surface area (Å²) in [5.74, 6) is 0.248. The summed E-state index contributed by atoms with van der Waals surface area (Å²) in [6, 6.07) is 5.30. The molecule has 1 aromatic carbocycles. The van der Waals surface area contributed by atoms with Crippen LogP contribution < -0.4 is 15.4 Å². The lowest BCUT2D eigenvalue weighted by Crippen LogP contribution is -2.39. The Kier molecular flexibility index (Phi) is 6.24.